The second-order valence-electron chi connectivity index (χ2n) is 3.11. The van der Waals surface area contributed by atoms with E-state index in [1.807, 2.05) is 6.07 Å². The Bertz CT molecular complexity index is 418. The molecular weight excluding hydrogens is 295 g/mol. The highest BCUT2D eigenvalue weighted by Crippen LogP contribution is 1.98. The third-order valence-corrected chi connectivity index (χ3v) is 4.13. The van der Waals surface area contributed by atoms with Crippen LogP contribution in [-0.2, 0) is 0 Å². The minimum atomic E-state index is 0.0204. The predicted octanol–water partition coefficient (Wildman–Crippen LogP) is 0.616. The lowest BCUT2D eigenvalue weighted by molar-refractivity contribution is -0.555. The average molecular weight is 307 g/mol. The summed E-state index contributed by atoms with van der Waals surface area (Å²) in [6, 6.07) is 21.1. The number of hydrogen-bond acceptors (Lipinski definition) is 0. The van der Waals surface area contributed by atoms with Gasteiger partial charge in [-0.25, -0.2) is 0 Å². The monoisotopic (exact) mass is 307 g/mol. The lowest BCUT2D eigenvalue weighted by atomic mass is 10.2. The van der Waals surface area contributed by atoms with E-state index in [1.54, 1.807) is 0 Å². The van der Waals surface area contributed by atoms with Crippen molar-refractivity contribution in [2.75, 3.05) is 0 Å². The van der Waals surface area contributed by atoms with E-state index < -0.39 is 0 Å². The Morgan fingerprint density at radius 2 is 1.33 bits per heavy atom. The first-order valence-electron chi connectivity index (χ1n) is 4.85. The first-order chi connectivity index (χ1) is 7.45. The highest BCUT2D eigenvalue weighted by atomic mass is 127. The molecule has 0 aliphatic carbocycles. The predicted molar refractivity (Wildman–Crippen MR) is 60.6 cm³/mol. The third-order valence-electron chi connectivity index (χ3n) is 1.98. The van der Waals surface area contributed by atoms with E-state index >= 15 is 0 Å². The van der Waals surface area contributed by atoms with Crippen molar-refractivity contribution >= 4 is 6.08 Å². The summed E-state index contributed by atoms with van der Waals surface area (Å²) in [6.45, 7) is 0. The van der Waals surface area contributed by atoms with Crippen LogP contribution < -0.4 is 21.2 Å². The van der Waals surface area contributed by atoms with Crippen LogP contribution in [0.5, 0.6) is 0 Å². The Morgan fingerprint density at radius 3 is 2.00 bits per heavy atom. The molecule has 0 unspecified atom stereocenters. The molecule has 0 bridgehead atoms. The molecule has 2 rings (SSSR count). The van der Waals surface area contributed by atoms with Crippen LogP contribution >= 0.6 is 0 Å². The van der Waals surface area contributed by atoms with Crippen molar-refractivity contribution in [1.29, 1.82) is 0 Å². The van der Waals surface area contributed by atoms with Gasteiger partial charge < -0.3 is 0 Å². The molecule has 74 valence electrons. The first kappa shape index (κ1) is 10.4. The maximum atomic E-state index is 2.31. The summed E-state index contributed by atoms with van der Waals surface area (Å²) in [5.41, 5.74) is 1.29. The normalized spacial score (nSPS) is 10.7. The van der Waals surface area contributed by atoms with E-state index in [1.165, 1.54) is 9.13 Å². The topological polar surface area (TPSA) is 0 Å². The summed E-state index contributed by atoms with van der Waals surface area (Å²) < 4.78 is 3.77. The molecule has 0 N–H and O–H groups in total. The highest BCUT2D eigenvalue weighted by Gasteiger charge is 2.04. The van der Waals surface area contributed by atoms with Gasteiger partial charge in [0.1, 0.15) is 0 Å². The fourth-order valence-corrected chi connectivity index (χ4v) is 3.07. The van der Waals surface area contributed by atoms with E-state index in [-0.39, 0.29) is 21.2 Å². The van der Waals surface area contributed by atoms with Gasteiger partial charge in [0.15, 0.2) is 7.65 Å². The van der Waals surface area contributed by atoms with Gasteiger partial charge in [0, 0.05) is 0 Å². The van der Waals surface area contributed by atoms with Gasteiger partial charge >= 0.3 is 21.2 Å². The van der Waals surface area contributed by atoms with Crippen LogP contribution in [0.25, 0.3) is 6.08 Å². The molecule has 0 atom stereocenters. The number of benzene rings is 2. The van der Waals surface area contributed by atoms with Gasteiger partial charge in [-0.1, -0.05) is 48.5 Å². The molecule has 0 aromatic heterocycles. The molecule has 0 heterocycles. The Balaban J connectivity index is 1.97. The Labute approximate surface area is 101 Å². The SMILES string of the molecule is C(=C/c1ccccc1)/[I+]c1ccccc1. The minimum Gasteiger partial charge on any atom is -0.0622 e. The molecule has 0 aliphatic heterocycles. The standard InChI is InChI=1S/C14H12I/c1-3-7-13(8-4-1)11-12-15-14-9-5-2-6-10-14/h1-12H/q+1/b12-11-. The van der Waals surface area contributed by atoms with Crippen molar-refractivity contribution in [2.45, 2.75) is 0 Å². The van der Waals surface area contributed by atoms with Gasteiger partial charge in [-0.05, 0) is 23.8 Å². The number of halogens is 1. The molecule has 0 nitrogen and oxygen atoms in total. The second kappa shape index (κ2) is 5.71. The smallest absolute Gasteiger partial charge is 0.0622 e. The first-order valence-corrected chi connectivity index (χ1v) is 7.17. The molecule has 0 fully saturated rings. The van der Waals surface area contributed by atoms with Crippen LogP contribution in [-0.4, -0.2) is 0 Å². The summed E-state index contributed by atoms with van der Waals surface area (Å²) >= 11 is 0.0204. The quantitative estimate of drug-likeness (QED) is 0.729. The maximum absolute atomic E-state index is 2.31. The molecular formula is C14H12I+. The van der Waals surface area contributed by atoms with Crippen molar-refractivity contribution in [3.05, 3.63) is 73.9 Å². The van der Waals surface area contributed by atoms with Crippen molar-refractivity contribution in [2.24, 2.45) is 0 Å². The Morgan fingerprint density at radius 1 is 0.733 bits per heavy atom. The van der Waals surface area contributed by atoms with Gasteiger partial charge in [-0.2, -0.15) is 0 Å². The van der Waals surface area contributed by atoms with Crippen LogP contribution in [0.1, 0.15) is 5.56 Å². The van der Waals surface area contributed by atoms with Crippen LogP contribution in [0.15, 0.2) is 64.7 Å². The van der Waals surface area contributed by atoms with Gasteiger partial charge in [-0.3, -0.25) is 0 Å². The van der Waals surface area contributed by atoms with Crippen molar-refractivity contribution in [3.63, 3.8) is 0 Å². The fourth-order valence-electron chi connectivity index (χ4n) is 1.23. The van der Waals surface area contributed by atoms with E-state index in [9.17, 15) is 0 Å². The van der Waals surface area contributed by atoms with Gasteiger partial charge in [0.2, 0.25) is 0 Å². The zero-order valence-electron chi connectivity index (χ0n) is 8.31. The molecule has 2 aromatic carbocycles. The van der Waals surface area contributed by atoms with E-state index in [4.69, 9.17) is 0 Å². The van der Waals surface area contributed by atoms with Crippen LogP contribution in [0.4, 0.5) is 0 Å². The molecule has 0 saturated carbocycles. The summed E-state index contributed by atoms with van der Waals surface area (Å²) in [5, 5.41) is 0. The van der Waals surface area contributed by atoms with Crippen molar-refractivity contribution in [3.8, 4) is 0 Å². The van der Waals surface area contributed by atoms with E-state index in [0.717, 1.165) is 0 Å². The molecule has 15 heavy (non-hydrogen) atoms. The highest BCUT2D eigenvalue weighted by molar-refractivity contribution is 5.47. The van der Waals surface area contributed by atoms with Crippen molar-refractivity contribution in [1.82, 2.24) is 0 Å². The zero-order chi connectivity index (χ0) is 10.3. The number of hydrogen-bond donors (Lipinski definition) is 0. The molecule has 1 heteroatoms. The summed E-state index contributed by atoms with van der Waals surface area (Å²) in [7, 11) is 0. The van der Waals surface area contributed by atoms with Crippen LogP contribution in [0.3, 0.4) is 0 Å². The molecule has 2 aromatic rings. The van der Waals surface area contributed by atoms with Crippen LogP contribution in [0.2, 0.25) is 0 Å². The summed E-state index contributed by atoms with van der Waals surface area (Å²) in [5.74, 6) is 0. The molecule has 0 radical (unpaired) electrons. The van der Waals surface area contributed by atoms with E-state index in [2.05, 4.69) is 64.8 Å². The van der Waals surface area contributed by atoms with E-state index in [0.29, 0.717) is 0 Å². The summed E-state index contributed by atoms with van der Waals surface area (Å²) in [4.78, 5) is 0. The largest absolute Gasteiger partial charge is 0.349 e. The Kier molecular flexibility index (Phi) is 3.97. The minimum absolute atomic E-state index is 0.0204. The summed E-state index contributed by atoms with van der Waals surface area (Å²) in [6.07, 6.45) is 2.21. The number of rotatable bonds is 3. The maximum Gasteiger partial charge on any atom is 0.349 e. The van der Waals surface area contributed by atoms with Gasteiger partial charge in [0.25, 0.3) is 0 Å². The average Bonchev–Trinajstić information content (AvgIpc) is 2.32. The van der Waals surface area contributed by atoms with Gasteiger partial charge in [0.05, 0.1) is 0 Å². The van der Waals surface area contributed by atoms with Crippen LogP contribution in [0, 0.1) is 3.57 Å². The molecule has 0 amide bonds. The van der Waals surface area contributed by atoms with Crippen molar-refractivity contribution < 1.29 is 21.2 Å². The second-order valence-corrected chi connectivity index (χ2v) is 5.70. The Hall–Kier alpha value is -1.09. The lowest BCUT2D eigenvalue weighted by Gasteiger charge is -1.86. The molecule has 0 spiro atoms. The fraction of sp³-hybridized carbons (Fsp3) is 0. The third kappa shape index (κ3) is 3.51. The zero-order valence-corrected chi connectivity index (χ0v) is 10.5. The lowest BCUT2D eigenvalue weighted by Crippen LogP contribution is -3.59. The molecule has 0 aliphatic rings. The molecule has 0 saturated heterocycles. The van der Waals surface area contributed by atoms with Gasteiger partial charge in [-0.15, -0.1) is 0 Å².